The van der Waals surface area contributed by atoms with Crippen molar-refractivity contribution in [3.63, 3.8) is 0 Å². The summed E-state index contributed by atoms with van der Waals surface area (Å²) in [6.07, 6.45) is 0.680. The molecule has 2 unspecified atom stereocenters. The number of aromatic nitrogens is 2. The fourth-order valence-electron chi connectivity index (χ4n) is 1.97. The van der Waals surface area contributed by atoms with Crippen molar-refractivity contribution in [3.05, 3.63) is 11.7 Å². The highest BCUT2D eigenvalue weighted by Crippen LogP contribution is 2.24. The summed E-state index contributed by atoms with van der Waals surface area (Å²) in [7, 11) is 1.66. The van der Waals surface area contributed by atoms with Crippen LogP contribution in [0.25, 0.3) is 0 Å². The molecule has 6 nitrogen and oxygen atoms in total. The van der Waals surface area contributed by atoms with Crippen LogP contribution in [0.2, 0.25) is 0 Å². The van der Waals surface area contributed by atoms with Gasteiger partial charge in [0.25, 0.3) is 0 Å². The lowest BCUT2D eigenvalue weighted by molar-refractivity contribution is 0.185. The van der Waals surface area contributed by atoms with Crippen molar-refractivity contribution in [3.8, 4) is 0 Å². The molecule has 0 saturated carbocycles. The molecule has 1 aliphatic heterocycles. The third kappa shape index (κ3) is 3.02. The molecule has 2 rings (SSSR count). The summed E-state index contributed by atoms with van der Waals surface area (Å²) in [5, 5.41) is 7.31. The highest BCUT2D eigenvalue weighted by atomic mass is 16.5. The highest BCUT2D eigenvalue weighted by molar-refractivity contribution is 5.02. The maximum atomic E-state index is 5.45. The van der Waals surface area contributed by atoms with Crippen LogP contribution >= 0.6 is 0 Å². The zero-order valence-electron chi connectivity index (χ0n) is 10.3. The maximum Gasteiger partial charge on any atom is 0.233 e. The molecule has 2 heterocycles. The van der Waals surface area contributed by atoms with Gasteiger partial charge in [0.1, 0.15) is 0 Å². The lowest BCUT2D eigenvalue weighted by Crippen LogP contribution is -2.34. The second kappa shape index (κ2) is 6.09. The first-order valence-electron chi connectivity index (χ1n) is 5.97. The van der Waals surface area contributed by atoms with Crippen LogP contribution in [0, 0.1) is 0 Å². The van der Waals surface area contributed by atoms with Crippen LogP contribution in [-0.2, 0) is 15.9 Å². The molecule has 6 heteroatoms. The number of hydrogen-bond acceptors (Lipinski definition) is 6. The van der Waals surface area contributed by atoms with Crippen molar-refractivity contribution in [2.75, 3.05) is 33.5 Å². The van der Waals surface area contributed by atoms with Gasteiger partial charge in [0.15, 0.2) is 5.82 Å². The Morgan fingerprint density at radius 2 is 2.35 bits per heavy atom. The molecule has 0 spiro atoms. The molecule has 1 aromatic rings. The third-order valence-corrected chi connectivity index (χ3v) is 2.88. The Kier molecular flexibility index (Phi) is 4.47. The van der Waals surface area contributed by atoms with Gasteiger partial charge in [-0.1, -0.05) is 12.1 Å². The Balaban J connectivity index is 1.98. The minimum atomic E-state index is 0.166. The van der Waals surface area contributed by atoms with E-state index in [1.165, 1.54) is 0 Å². The first-order valence-corrected chi connectivity index (χ1v) is 5.97. The van der Waals surface area contributed by atoms with Gasteiger partial charge in [0, 0.05) is 19.6 Å². The van der Waals surface area contributed by atoms with Crippen molar-refractivity contribution in [2.24, 2.45) is 0 Å². The lowest BCUT2D eigenvalue weighted by Gasteiger charge is -2.13. The zero-order valence-corrected chi connectivity index (χ0v) is 10.3. The Hall–Kier alpha value is -0.980. The number of nitrogens with zero attached hydrogens (tertiary/aromatic N) is 2. The molecule has 17 heavy (non-hydrogen) atoms. The van der Waals surface area contributed by atoms with E-state index in [0.717, 1.165) is 6.54 Å². The van der Waals surface area contributed by atoms with Crippen LogP contribution in [0.15, 0.2) is 4.52 Å². The molecule has 1 fully saturated rings. The summed E-state index contributed by atoms with van der Waals surface area (Å²) in [5.41, 5.74) is 0. The van der Waals surface area contributed by atoms with Gasteiger partial charge in [-0.25, -0.2) is 0 Å². The molecular weight excluding hydrogens is 222 g/mol. The van der Waals surface area contributed by atoms with Crippen LogP contribution in [0.4, 0.5) is 0 Å². The number of ether oxygens (including phenoxy) is 2. The number of methoxy groups -OCH3 is 1. The maximum absolute atomic E-state index is 5.45. The van der Waals surface area contributed by atoms with Crippen molar-refractivity contribution in [1.29, 1.82) is 0 Å². The lowest BCUT2D eigenvalue weighted by atomic mass is 10.0. The third-order valence-electron chi connectivity index (χ3n) is 2.88. The molecule has 0 bridgehead atoms. The number of nitrogens with one attached hydrogen (secondary N) is 1. The van der Waals surface area contributed by atoms with Gasteiger partial charge in [-0.05, 0) is 6.54 Å². The van der Waals surface area contributed by atoms with E-state index < -0.39 is 0 Å². The van der Waals surface area contributed by atoms with Crippen molar-refractivity contribution in [1.82, 2.24) is 15.5 Å². The minimum absolute atomic E-state index is 0.166. The zero-order chi connectivity index (χ0) is 12.1. The Labute approximate surface area is 101 Å². The van der Waals surface area contributed by atoms with Crippen molar-refractivity contribution < 1.29 is 14.0 Å². The van der Waals surface area contributed by atoms with Crippen molar-refractivity contribution >= 4 is 0 Å². The smallest absolute Gasteiger partial charge is 0.233 e. The molecule has 1 saturated heterocycles. The number of rotatable bonds is 6. The van der Waals surface area contributed by atoms with Crippen LogP contribution in [-0.4, -0.2) is 49.7 Å². The Morgan fingerprint density at radius 1 is 1.47 bits per heavy atom. The van der Waals surface area contributed by atoms with E-state index >= 15 is 0 Å². The fraction of sp³-hybridized carbons (Fsp3) is 0.818. The molecule has 0 radical (unpaired) electrons. The minimum Gasteiger partial charge on any atom is -0.384 e. The van der Waals surface area contributed by atoms with Crippen LogP contribution in [0.1, 0.15) is 24.6 Å². The molecule has 0 amide bonds. The number of hydrogen-bond donors (Lipinski definition) is 1. The predicted molar refractivity (Wildman–Crippen MR) is 60.9 cm³/mol. The van der Waals surface area contributed by atoms with Gasteiger partial charge in [0.2, 0.25) is 5.89 Å². The van der Waals surface area contributed by atoms with E-state index in [1.54, 1.807) is 7.11 Å². The molecule has 1 aliphatic rings. The van der Waals surface area contributed by atoms with Crippen LogP contribution in [0.5, 0.6) is 0 Å². The highest BCUT2D eigenvalue weighted by Gasteiger charge is 2.33. The summed E-state index contributed by atoms with van der Waals surface area (Å²) in [6.45, 7) is 4.94. The van der Waals surface area contributed by atoms with Crippen LogP contribution < -0.4 is 5.32 Å². The first-order chi connectivity index (χ1) is 8.35. The Morgan fingerprint density at radius 3 is 3.12 bits per heavy atom. The molecule has 1 aromatic heterocycles. The molecular formula is C11H19N3O3. The summed E-state index contributed by atoms with van der Waals surface area (Å²) in [4.78, 5) is 4.38. The van der Waals surface area contributed by atoms with Crippen LogP contribution in [0.3, 0.4) is 0 Å². The molecule has 0 aliphatic carbocycles. The van der Waals surface area contributed by atoms with Crippen molar-refractivity contribution in [2.45, 2.75) is 25.3 Å². The van der Waals surface area contributed by atoms with E-state index in [9.17, 15) is 0 Å². The summed E-state index contributed by atoms with van der Waals surface area (Å²) in [5.74, 6) is 1.53. The van der Waals surface area contributed by atoms with Gasteiger partial charge < -0.3 is 19.3 Å². The fourth-order valence-corrected chi connectivity index (χ4v) is 1.97. The van der Waals surface area contributed by atoms with E-state index in [1.807, 2.05) is 0 Å². The standard InChI is InChI=1S/C11H19N3O3/c1-3-12-9-7-16-6-8(9)11-13-10(14-17-11)4-5-15-2/h8-9,12H,3-7H2,1-2H3. The summed E-state index contributed by atoms with van der Waals surface area (Å²) >= 11 is 0. The monoisotopic (exact) mass is 241 g/mol. The SMILES string of the molecule is CCNC1COCC1c1nc(CCOC)no1. The molecule has 0 aromatic carbocycles. The summed E-state index contributed by atoms with van der Waals surface area (Å²) in [6, 6.07) is 0.274. The first kappa shape index (κ1) is 12.5. The van der Waals surface area contributed by atoms with E-state index in [-0.39, 0.29) is 12.0 Å². The summed E-state index contributed by atoms with van der Waals surface area (Å²) < 4.78 is 15.7. The number of likely N-dealkylation sites (N-methyl/N-ethyl adjacent to an activating group) is 1. The second-order valence-electron chi connectivity index (χ2n) is 4.10. The van der Waals surface area contributed by atoms with Gasteiger partial charge in [-0.3, -0.25) is 0 Å². The van der Waals surface area contributed by atoms with E-state index in [0.29, 0.717) is 38.0 Å². The normalized spacial score (nSPS) is 24.4. The predicted octanol–water partition coefficient (Wildman–Crippen LogP) is 0.350. The van der Waals surface area contributed by atoms with Gasteiger partial charge in [-0.2, -0.15) is 4.98 Å². The second-order valence-corrected chi connectivity index (χ2v) is 4.10. The van der Waals surface area contributed by atoms with E-state index in [2.05, 4.69) is 22.4 Å². The van der Waals surface area contributed by atoms with Gasteiger partial charge >= 0.3 is 0 Å². The topological polar surface area (TPSA) is 69.4 Å². The Bertz CT molecular complexity index is 342. The van der Waals surface area contributed by atoms with E-state index in [4.69, 9.17) is 14.0 Å². The average Bonchev–Trinajstić information content (AvgIpc) is 2.95. The van der Waals surface area contributed by atoms with Gasteiger partial charge in [0.05, 0.1) is 25.7 Å². The molecule has 96 valence electrons. The van der Waals surface area contributed by atoms with Gasteiger partial charge in [-0.15, -0.1) is 0 Å². The average molecular weight is 241 g/mol. The largest absolute Gasteiger partial charge is 0.384 e. The quantitative estimate of drug-likeness (QED) is 0.775. The molecule has 1 N–H and O–H groups in total. The molecule has 2 atom stereocenters.